The van der Waals surface area contributed by atoms with Crippen molar-refractivity contribution in [1.82, 2.24) is 25.5 Å². The number of nitrogens with one attached hydrogen (secondary N) is 3. The van der Waals surface area contributed by atoms with Gasteiger partial charge in [-0.2, -0.15) is 0 Å². The Balaban J connectivity index is 1.18. The molecule has 2 saturated heterocycles. The lowest BCUT2D eigenvalue weighted by atomic mass is 10.0. The van der Waals surface area contributed by atoms with Crippen molar-refractivity contribution >= 4 is 56.9 Å². The first-order valence-corrected chi connectivity index (χ1v) is 20.6. The number of benzene rings is 1. The number of halogens is 1. The zero-order valence-electron chi connectivity index (χ0n) is 30.8. The molecule has 286 valence electrons. The van der Waals surface area contributed by atoms with E-state index >= 15 is 0 Å². The average Bonchev–Trinajstić information content (AvgIpc) is 3.52. The molecule has 12 nitrogen and oxygen atoms in total. The van der Waals surface area contributed by atoms with E-state index in [1.54, 1.807) is 18.1 Å². The Kier molecular flexibility index (Phi) is 11.8. The summed E-state index contributed by atoms with van der Waals surface area (Å²) in [4.78, 5) is 52.8. The number of nitrogens with zero attached hydrogens (tertiary/aromatic N) is 3. The van der Waals surface area contributed by atoms with E-state index in [9.17, 15) is 14.4 Å². The van der Waals surface area contributed by atoms with Crippen molar-refractivity contribution in [2.75, 3.05) is 19.0 Å². The van der Waals surface area contributed by atoms with Gasteiger partial charge in [-0.15, -0.1) is 11.3 Å². The topological polar surface area (TPSA) is 144 Å². The molecule has 3 aromatic rings. The van der Waals surface area contributed by atoms with E-state index < -0.39 is 24.3 Å². The van der Waals surface area contributed by atoms with Gasteiger partial charge in [0, 0.05) is 35.3 Å². The van der Waals surface area contributed by atoms with E-state index in [1.165, 1.54) is 11.3 Å². The van der Waals surface area contributed by atoms with Gasteiger partial charge in [-0.25, -0.2) is 14.8 Å². The third-order valence-corrected chi connectivity index (χ3v) is 12.0. The number of aromatic nitrogens is 2. The van der Waals surface area contributed by atoms with Crippen molar-refractivity contribution < 1.29 is 28.6 Å². The highest BCUT2D eigenvalue weighted by Gasteiger charge is 2.46. The van der Waals surface area contributed by atoms with Crippen LogP contribution in [0.2, 0.25) is 5.02 Å². The zero-order valence-corrected chi connectivity index (χ0v) is 32.4. The second-order valence-corrected chi connectivity index (χ2v) is 16.5. The Hall–Kier alpha value is -3.84. The molecule has 5 atom stereocenters. The van der Waals surface area contributed by atoms with Gasteiger partial charge in [0.15, 0.2) is 5.13 Å². The summed E-state index contributed by atoms with van der Waals surface area (Å²) in [6.07, 6.45) is 10.4. The van der Waals surface area contributed by atoms with Crippen LogP contribution < -0.4 is 25.4 Å². The minimum atomic E-state index is -0.810. The number of ether oxygens (including phenoxy) is 3. The van der Waals surface area contributed by atoms with Crippen LogP contribution in [-0.4, -0.2) is 82.8 Å². The van der Waals surface area contributed by atoms with Crippen molar-refractivity contribution in [1.29, 1.82) is 0 Å². The summed E-state index contributed by atoms with van der Waals surface area (Å²) < 4.78 is 18.0. The number of hydrogen-bond acceptors (Lipinski definition) is 10. The lowest BCUT2D eigenvalue weighted by Gasteiger charge is -2.28. The summed E-state index contributed by atoms with van der Waals surface area (Å²) in [5, 5.41) is 13.2. The van der Waals surface area contributed by atoms with Crippen molar-refractivity contribution in [2.24, 2.45) is 5.92 Å². The Morgan fingerprint density at radius 2 is 1.72 bits per heavy atom. The number of thiazole rings is 1. The number of anilines is 1. The molecule has 0 radical (unpaired) electrons. The number of pyridine rings is 1. The predicted molar refractivity (Wildman–Crippen MR) is 206 cm³/mol. The van der Waals surface area contributed by atoms with Gasteiger partial charge in [0.05, 0.1) is 24.9 Å². The maximum atomic E-state index is 14.5. The first-order valence-electron chi connectivity index (χ1n) is 19.3. The third kappa shape index (κ3) is 8.94. The lowest BCUT2D eigenvalue weighted by molar-refractivity contribution is -0.140. The van der Waals surface area contributed by atoms with Gasteiger partial charge in [-0.3, -0.25) is 9.59 Å². The van der Waals surface area contributed by atoms with E-state index in [4.69, 9.17) is 35.8 Å². The molecule has 4 aliphatic rings. The minimum Gasteiger partial charge on any atom is -0.495 e. The number of fused-ring (bicyclic) bond motifs is 3. The van der Waals surface area contributed by atoms with E-state index in [2.05, 4.69) is 29.8 Å². The first kappa shape index (κ1) is 37.5. The van der Waals surface area contributed by atoms with E-state index in [1.807, 2.05) is 17.5 Å². The molecule has 4 fully saturated rings. The molecule has 0 bridgehead atoms. The fraction of sp³-hybridized carbons (Fsp3) is 0.615. The smallest absolute Gasteiger partial charge is 0.408 e. The number of methoxy groups -OCH3 is 1. The highest BCUT2D eigenvalue weighted by atomic mass is 35.5. The summed E-state index contributed by atoms with van der Waals surface area (Å²) in [5.74, 6) is 1.00. The summed E-state index contributed by atoms with van der Waals surface area (Å²) >= 11 is 8.32. The Bertz CT molecular complexity index is 1800. The molecule has 14 heteroatoms. The fourth-order valence-corrected chi connectivity index (χ4v) is 9.09. The van der Waals surface area contributed by atoms with Gasteiger partial charge >= 0.3 is 6.09 Å². The molecule has 2 saturated carbocycles. The van der Waals surface area contributed by atoms with Gasteiger partial charge in [0.2, 0.25) is 11.8 Å². The number of amides is 3. The quantitative estimate of drug-likeness (QED) is 0.213. The molecule has 3 N–H and O–H groups in total. The van der Waals surface area contributed by atoms with Gasteiger partial charge < -0.3 is 35.1 Å². The SMILES string of the molecule is COc1ccc2c(O[C@@H]3C[C@H]4C(=O)N[C@@H]5C[C@H]5CCCCCCC[C@H](NC(=O)OC5CCCC5)C(=O)N4C3)cc(-c3csc(NC(C)C)n3)nc2c1Cl. The Morgan fingerprint density at radius 3 is 2.49 bits per heavy atom. The number of alkyl carbamates (subject to hydrolysis) is 1. The molecule has 53 heavy (non-hydrogen) atoms. The predicted octanol–water partition coefficient (Wildman–Crippen LogP) is 7.48. The third-order valence-electron chi connectivity index (χ3n) is 10.9. The number of rotatable bonds is 8. The molecule has 3 amide bonds. The van der Waals surface area contributed by atoms with Crippen molar-refractivity contribution in [3.63, 3.8) is 0 Å². The van der Waals surface area contributed by atoms with Crippen LogP contribution >= 0.6 is 22.9 Å². The van der Waals surface area contributed by atoms with Gasteiger partial charge in [0.1, 0.15) is 46.5 Å². The minimum absolute atomic E-state index is 0.122. The van der Waals surface area contributed by atoms with Crippen LogP contribution in [0, 0.1) is 5.92 Å². The fourth-order valence-electron chi connectivity index (χ4n) is 7.95. The Morgan fingerprint density at radius 1 is 0.962 bits per heavy atom. The van der Waals surface area contributed by atoms with Crippen LogP contribution in [0.5, 0.6) is 11.5 Å². The van der Waals surface area contributed by atoms with Gasteiger partial charge in [-0.1, -0.05) is 43.7 Å². The summed E-state index contributed by atoms with van der Waals surface area (Å²) in [6.45, 7) is 4.28. The summed E-state index contributed by atoms with van der Waals surface area (Å²) in [5.41, 5.74) is 1.73. The number of carbonyl (C=O) groups is 3. The second kappa shape index (κ2) is 16.7. The van der Waals surface area contributed by atoms with E-state index in [-0.39, 0.29) is 43.0 Å². The molecule has 4 heterocycles. The highest BCUT2D eigenvalue weighted by molar-refractivity contribution is 7.14. The monoisotopic (exact) mass is 766 g/mol. The van der Waals surface area contributed by atoms with E-state index in [0.717, 1.165) is 75.8 Å². The zero-order chi connectivity index (χ0) is 37.1. The van der Waals surface area contributed by atoms with Crippen molar-refractivity contribution in [3.8, 4) is 22.9 Å². The lowest BCUT2D eigenvalue weighted by Crippen LogP contribution is -2.54. The maximum absolute atomic E-state index is 14.5. The molecule has 7 rings (SSSR count). The average molecular weight is 767 g/mol. The molecular weight excluding hydrogens is 716 g/mol. The largest absolute Gasteiger partial charge is 0.495 e. The summed E-state index contributed by atoms with van der Waals surface area (Å²) in [7, 11) is 1.56. The standard InChI is InChI=1S/C39H51ClN6O6S/c1-22(2)41-38-44-30(21-53-38)29-19-33(26-15-16-32(50-3)34(40)35(26)42-29)51-25-18-31-36(47)43-28-17-23(28)11-7-5-4-6-8-14-27(37(48)46(31)20-25)45-39(49)52-24-12-9-10-13-24/h15-16,19,21-25,27-28,31H,4-14,17-18,20H2,1-3H3,(H,41,44)(H,43,47)(H,45,49)/t23-,25-,27+,28-,31+/m1/s1. The second-order valence-electron chi connectivity index (χ2n) is 15.3. The highest BCUT2D eigenvalue weighted by Crippen LogP contribution is 2.40. The van der Waals surface area contributed by atoms with Crippen LogP contribution in [-0.2, 0) is 14.3 Å². The molecule has 0 unspecified atom stereocenters. The normalized spacial score (nSPS) is 25.6. The summed E-state index contributed by atoms with van der Waals surface area (Å²) in [6, 6.07) is 4.24. The van der Waals surface area contributed by atoms with Gasteiger partial charge in [-0.05, 0) is 76.8 Å². The molecular formula is C39H51ClN6O6S. The van der Waals surface area contributed by atoms with Crippen molar-refractivity contribution in [3.05, 3.63) is 28.6 Å². The van der Waals surface area contributed by atoms with Crippen molar-refractivity contribution in [2.45, 2.75) is 134 Å². The molecule has 2 aliphatic heterocycles. The maximum Gasteiger partial charge on any atom is 0.408 e. The van der Waals surface area contributed by atoms with Crippen LogP contribution in [0.15, 0.2) is 23.6 Å². The van der Waals surface area contributed by atoms with Crippen LogP contribution in [0.1, 0.15) is 97.3 Å². The molecule has 1 aromatic carbocycles. The van der Waals surface area contributed by atoms with Crippen LogP contribution in [0.25, 0.3) is 22.3 Å². The van der Waals surface area contributed by atoms with E-state index in [0.29, 0.717) is 51.2 Å². The van der Waals surface area contributed by atoms with Crippen LogP contribution in [0.4, 0.5) is 9.93 Å². The number of carbonyl (C=O) groups excluding carboxylic acids is 3. The van der Waals surface area contributed by atoms with Gasteiger partial charge in [0.25, 0.3) is 0 Å². The first-order chi connectivity index (χ1) is 25.7. The van der Waals surface area contributed by atoms with Crippen LogP contribution in [0.3, 0.4) is 0 Å². The molecule has 0 spiro atoms. The number of hydrogen-bond donors (Lipinski definition) is 3. The molecule has 2 aromatic heterocycles. The molecule has 2 aliphatic carbocycles. The Labute approximate surface area is 320 Å².